The number of carbonyl (C=O) groups excluding carboxylic acids is 1. The van der Waals surface area contributed by atoms with Crippen LogP contribution in [0.15, 0.2) is 53.4 Å². The van der Waals surface area contributed by atoms with Crippen LogP contribution in [0, 0.1) is 0 Å². The van der Waals surface area contributed by atoms with Crippen LogP contribution in [-0.4, -0.2) is 31.3 Å². The molecule has 2 aromatic carbocycles. The molecule has 0 atom stereocenters. The van der Waals surface area contributed by atoms with Crippen molar-refractivity contribution in [3.63, 3.8) is 0 Å². The summed E-state index contributed by atoms with van der Waals surface area (Å²) in [5.74, 6) is 0.915. The number of nitrogens with one attached hydrogen (secondary N) is 1. The Balaban J connectivity index is 1.31. The Kier molecular flexibility index (Phi) is 7.27. The number of carbonyl (C=O) groups is 1. The number of aryl methyl sites for hydroxylation is 1. The van der Waals surface area contributed by atoms with Gasteiger partial charge in [-0.25, -0.2) is 0 Å². The highest BCUT2D eigenvalue weighted by Crippen LogP contribution is 2.26. The number of thioether (sulfide) groups is 1. The van der Waals surface area contributed by atoms with Crippen LogP contribution in [0.3, 0.4) is 0 Å². The monoisotopic (exact) mass is 388 g/mol. The zero-order valence-corrected chi connectivity index (χ0v) is 16.5. The van der Waals surface area contributed by atoms with Crippen molar-refractivity contribution in [3.8, 4) is 0 Å². The number of benzene rings is 2. The van der Waals surface area contributed by atoms with Crippen LogP contribution in [0.1, 0.15) is 24.8 Å². The molecule has 1 N–H and O–H groups in total. The van der Waals surface area contributed by atoms with Crippen LogP contribution in [0.25, 0.3) is 0 Å². The molecule has 0 saturated carbocycles. The highest BCUT2D eigenvalue weighted by molar-refractivity contribution is 7.99. The zero-order chi connectivity index (χ0) is 18.2. The van der Waals surface area contributed by atoms with E-state index in [0.29, 0.717) is 6.42 Å². The van der Waals surface area contributed by atoms with E-state index in [1.54, 1.807) is 11.8 Å². The molecule has 1 aliphatic rings. The van der Waals surface area contributed by atoms with Crippen molar-refractivity contribution in [2.75, 3.05) is 30.3 Å². The summed E-state index contributed by atoms with van der Waals surface area (Å²) in [5.41, 5.74) is 2.81. The molecule has 26 heavy (non-hydrogen) atoms. The van der Waals surface area contributed by atoms with Gasteiger partial charge in [0.25, 0.3) is 0 Å². The minimum absolute atomic E-state index is 0.130. The lowest BCUT2D eigenvalue weighted by Gasteiger charge is -2.31. The molecule has 0 saturated heterocycles. The second-order valence-corrected chi connectivity index (χ2v) is 8.08. The summed E-state index contributed by atoms with van der Waals surface area (Å²) in [6, 6.07) is 16.4. The van der Waals surface area contributed by atoms with Gasteiger partial charge in [-0.1, -0.05) is 29.8 Å². The number of hydrogen-bond donors (Lipinski definition) is 1. The maximum atomic E-state index is 12.0. The molecule has 0 unspecified atom stereocenters. The summed E-state index contributed by atoms with van der Waals surface area (Å²) < 4.78 is 0. The lowest BCUT2D eigenvalue weighted by molar-refractivity contribution is -0.120. The summed E-state index contributed by atoms with van der Waals surface area (Å²) in [7, 11) is 0. The van der Waals surface area contributed by atoms with E-state index in [1.165, 1.54) is 24.1 Å². The lowest BCUT2D eigenvalue weighted by Crippen LogP contribution is -2.33. The first-order valence-electron chi connectivity index (χ1n) is 9.20. The van der Waals surface area contributed by atoms with E-state index in [1.807, 2.05) is 24.3 Å². The molecule has 1 aliphatic heterocycles. The predicted octanol–water partition coefficient (Wildman–Crippen LogP) is 4.78. The van der Waals surface area contributed by atoms with Crippen molar-refractivity contribution < 1.29 is 4.79 Å². The first-order chi connectivity index (χ1) is 12.7. The molecule has 0 fully saturated rings. The molecule has 1 heterocycles. The molecule has 0 spiro atoms. The maximum absolute atomic E-state index is 12.0. The number of nitrogens with zero attached hydrogens (tertiary/aromatic N) is 1. The van der Waals surface area contributed by atoms with Crippen molar-refractivity contribution in [1.82, 2.24) is 5.32 Å². The molecule has 1 amide bonds. The molecule has 0 aliphatic carbocycles. The van der Waals surface area contributed by atoms with Gasteiger partial charge in [-0.3, -0.25) is 4.79 Å². The van der Waals surface area contributed by atoms with Crippen molar-refractivity contribution >= 4 is 35.0 Å². The van der Waals surface area contributed by atoms with Gasteiger partial charge in [-0.2, -0.15) is 0 Å². The Morgan fingerprint density at radius 2 is 1.96 bits per heavy atom. The average Bonchev–Trinajstić information content (AvgIpc) is 2.67. The second kappa shape index (κ2) is 9.89. The van der Waals surface area contributed by atoms with Crippen molar-refractivity contribution in [2.24, 2.45) is 0 Å². The Morgan fingerprint density at radius 3 is 2.81 bits per heavy atom. The topological polar surface area (TPSA) is 32.3 Å². The van der Waals surface area contributed by atoms with E-state index in [0.717, 1.165) is 41.7 Å². The number of hydrogen-bond acceptors (Lipinski definition) is 3. The zero-order valence-electron chi connectivity index (χ0n) is 14.9. The van der Waals surface area contributed by atoms with E-state index >= 15 is 0 Å². The van der Waals surface area contributed by atoms with Crippen LogP contribution in [0.5, 0.6) is 0 Å². The predicted molar refractivity (Wildman–Crippen MR) is 111 cm³/mol. The van der Waals surface area contributed by atoms with Gasteiger partial charge in [0.2, 0.25) is 5.91 Å². The average molecular weight is 389 g/mol. The largest absolute Gasteiger partial charge is 0.371 e. The summed E-state index contributed by atoms with van der Waals surface area (Å²) in [6.45, 7) is 2.85. The third-order valence-corrected chi connectivity index (χ3v) is 5.81. The normalized spacial score (nSPS) is 13.3. The fraction of sp³-hybridized carbons (Fsp3) is 0.381. The molecule has 0 radical (unpaired) electrons. The van der Waals surface area contributed by atoms with E-state index < -0.39 is 0 Å². The van der Waals surface area contributed by atoms with Gasteiger partial charge in [-0.05, 0) is 55.2 Å². The second-order valence-electron chi connectivity index (χ2n) is 6.48. The van der Waals surface area contributed by atoms with Gasteiger partial charge in [0.1, 0.15) is 0 Å². The highest BCUT2D eigenvalue weighted by Gasteiger charge is 2.15. The van der Waals surface area contributed by atoms with Gasteiger partial charge >= 0.3 is 0 Å². The fourth-order valence-corrected chi connectivity index (χ4v) is 4.20. The molecule has 0 aromatic heterocycles. The molecule has 3 nitrogen and oxygen atoms in total. The quantitative estimate of drug-likeness (QED) is 0.521. The number of rotatable bonds is 8. The number of anilines is 1. The van der Waals surface area contributed by atoms with Crippen LogP contribution >= 0.6 is 23.4 Å². The van der Waals surface area contributed by atoms with Crippen LogP contribution in [0.2, 0.25) is 5.02 Å². The Labute approximate surface area is 165 Å². The molecule has 0 bridgehead atoms. The van der Waals surface area contributed by atoms with Gasteiger partial charge in [0.05, 0.1) is 0 Å². The SMILES string of the molecule is O=C(CCSc1ccc(Cl)cc1)NCCCN1CCCc2ccccc21. The summed E-state index contributed by atoms with van der Waals surface area (Å²) >= 11 is 7.56. The van der Waals surface area contributed by atoms with E-state index in [-0.39, 0.29) is 5.91 Å². The fourth-order valence-electron chi connectivity index (χ4n) is 3.22. The number of para-hydroxylation sites is 1. The van der Waals surface area contributed by atoms with Crippen LogP contribution < -0.4 is 10.2 Å². The molecular weight excluding hydrogens is 364 g/mol. The summed E-state index contributed by atoms with van der Waals surface area (Å²) in [5, 5.41) is 3.78. The Morgan fingerprint density at radius 1 is 1.15 bits per heavy atom. The summed E-state index contributed by atoms with van der Waals surface area (Å²) in [4.78, 5) is 15.6. The molecule has 2 aromatic rings. The lowest BCUT2D eigenvalue weighted by atomic mass is 10.0. The molecule has 3 rings (SSSR count). The number of fused-ring (bicyclic) bond motifs is 1. The van der Waals surface area contributed by atoms with Gasteiger partial charge < -0.3 is 10.2 Å². The highest BCUT2D eigenvalue weighted by atomic mass is 35.5. The van der Waals surface area contributed by atoms with Crippen LogP contribution in [0.4, 0.5) is 5.69 Å². The summed E-state index contributed by atoms with van der Waals surface area (Å²) in [6.07, 6.45) is 3.91. The van der Waals surface area contributed by atoms with E-state index in [2.05, 4.69) is 34.5 Å². The van der Waals surface area contributed by atoms with Gasteiger partial charge in [0.15, 0.2) is 0 Å². The number of halogens is 1. The smallest absolute Gasteiger partial charge is 0.220 e. The first-order valence-corrected chi connectivity index (χ1v) is 10.6. The Bertz CT molecular complexity index is 720. The Hall–Kier alpha value is -1.65. The van der Waals surface area contributed by atoms with E-state index in [4.69, 9.17) is 11.6 Å². The van der Waals surface area contributed by atoms with Gasteiger partial charge in [0, 0.05) is 47.4 Å². The minimum Gasteiger partial charge on any atom is -0.371 e. The van der Waals surface area contributed by atoms with Crippen molar-refractivity contribution in [2.45, 2.75) is 30.6 Å². The minimum atomic E-state index is 0.130. The van der Waals surface area contributed by atoms with Crippen LogP contribution in [-0.2, 0) is 11.2 Å². The number of amides is 1. The van der Waals surface area contributed by atoms with Gasteiger partial charge in [-0.15, -0.1) is 11.8 Å². The maximum Gasteiger partial charge on any atom is 0.220 e. The van der Waals surface area contributed by atoms with Crippen molar-refractivity contribution in [3.05, 3.63) is 59.1 Å². The third-order valence-electron chi connectivity index (χ3n) is 4.54. The van der Waals surface area contributed by atoms with E-state index in [9.17, 15) is 4.79 Å². The van der Waals surface area contributed by atoms with Crippen molar-refractivity contribution in [1.29, 1.82) is 0 Å². The molecular formula is C21H25ClN2OS. The molecule has 5 heteroatoms. The third kappa shape index (κ3) is 5.68. The molecule has 138 valence electrons. The first kappa shape index (κ1) is 19.1. The standard InChI is InChI=1S/C21H25ClN2OS/c22-18-8-10-19(11-9-18)26-16-12-21(25)23-13-4-15-24-14-3-6-17-5-1-2-7-20(17)24/h1-2,5,7-11H,3-4,6,12-16H2,(H,23,25).